The number of alkyl halides is 1. The maximum Gasteiger partial charge on any atom is 0.325 e. The lowest BCUT2D eigenvalue weighted by molar-refractivity contribution is -0.140. The van der Waals surface area contributed by atoms with Gasteiger partial charge in [0.2, 0.25) is 0 Å². The Morgan fingerprint density at radius 1 is 1.32 bits per heavy atom. The zero-order valence-corrected chi connectivity index (χ0v) is 10.4. The van der Waals surface area contributed by atoms with Crippen molar-refractivity contribution in [1.29, 1.82) is 0 Å². The topological polar surface area (TPSA) is 55.4 Å². The van der Waals surface area contributed by atoms with Crippen LogP contribution in [0.3, 0.4) is 0 Å². The number of ether oxygens (including phenoxy) is 1. The van der Waals surface area contributed by atoms with Crippen molar-refractivity contribution >= 4 is 23.5 Å². The first-order chi connectivity index (χ1) is 8.88. The molecule has 1 unspecified atom stereocenters. The lowest BCUT2D eigenvalue weighted by Crippen LogP contribution is -2.34. The minimum absolute atomic E-state index is 0.342. The molecule has 8 heteroatoms. The first-order valence-electron chi connectivity index (χ1n) is 5.02. The van der Waals surface area contributed by atoms with Crippen LogP contribution in [-0.4, -0.2) is 30.9 Å². The highest BCUT2D eigenvalue weighted by molar-refractivity contribution is 6.30. The molecule has 0 aliphatic rings. The monoisotopic (exact) mass is 295 g/mol. The Morgan fingerprint density at radius 2 is 1.95 bits per heavy atom. The Labute approximate surface area is 111 Å². The van der Waals surface area contributed by atoms with Gasteiger partial charge in [-0.05, 0) is 12.1 Å². The average Bonchev–Trinajstić information content (AvgIpc) is 2.41. The van der Waals surface area contributed by atoms with Gasteiger partial charge in [-0.2, -0.15) is 0 Å². The summed E-state index contributed by atoms with van der Waals surface area (Å²) in [5, 5.41) is 0.936. The van der Waals surface area contributed by atoms with Gasteiger partial charge in [-0.3, -0.25) is 9.59 Å². The summed E-state index contributed by atoms with van der Waals surface area (Å²) in [6.07, 6.45) is 0. The third-order valence-electron chi connectivity index (χ3n) is 2.18. The van der Waals surface area contributed by atoms with Gasteiger partial charge in [0.25, 0.3) is 5.91 Å². The summed E-state index contributed by atoms with van der Waals surface area (Å²) in [7, 11) is 1.11. The van der Waals surface area contributed by atoms with E-state index in [2.05, 4.69) is 10.1 Å². The molecule has 0 saturated carbocycles. The van der Waals surface area contributed by atoms with Crippen LogP contribution in [0.2, 0.25) is 0 Å². The average molecular weight is 296 g/mol. The lowest BCUT2D eigenvalue weighted by Gasteiger charge is -2.09. The summed E-state index contributed by atoms with van der Waals surface area (Å²) in [4.78, 5) is 22.4. The van der Waals surface area contributed by atoms with Crippen LogP contribution in [0.15, 0.2) is 12.1 Å². The summed E-state index contributed by atoms with van der Waals surface area (Å²) in [6.45, 7) is -0.342. The highest BCUT2D eigenvalue weighted by atomic mass is 35.5. The second-order valence-electron chi connectivity index (χ2n) is 3.42. The smallest absolute Gasteiger partial charge is 0.325 e. The predicted octanol–water partition coefficient (Wildman–Crippen LogP) is 1.61. The Bertz CT molecular complexity index is 510. The summed E-state index contributed by atoms with van der Waals surface area (Å²) in [5.74, 6) is -6.57. The molecule has 1 aromatic rings. The first kappa shape index (κ1) is 15.3. The Morgan fingerprint density at radius 3 is 2.53 bits per heavy atom. The summed E-state index contributed by atoms with van der Waals surface area (Å²) in [5.41, 5.74) is -0.687. The molecule has 1 amide bonds. The predicted molar refractivity (Wildman–Crippen MR) is 60.3 cm³/mol. The molecule has 0 saturated heterocycles. The first-order valence-corrected chi connectivity index (χ1v) is 5.45. The number of esters is 1. The van der Waals surface area contributed by atoms with Crippen molar-refractivity contribution in [2.24, 2.45) is 0 Å². The number of carbonyl (C=O) groups is 2. The van der Waals surface area contributed by atoms with E-state index in [9.17, 15) is 22.8 Å². The molecule has 1 N–H and O–H groups in total. The van der Waals surface area contributed by atoms with Gasteiger partial charge in [-0.1, -0.05) is 0 Å². The second-order valence-corrected chi connectivity index (χ2v) is 3.95. The number of halogens is 4. The van der Waals surface area contributed by atoms with Crippen molar-refractivity contribution in [1.82, 2.24) is 5.32 Å². The molecule has 0 aliphatic heterocycles. The van der Waals surface area contributed by atoms with Gasteiger partial charge in [0.15, 0.2) is 17.5 Å². The fourth-order valence-corrected chi connectivity index (χ4v) is 1.36. The standard InChI is InChI=1S/C11H9ClF3NO3/c1-19-11(18)6(12)4-16-10(17)5-2-3-7(13)9(15)8(5)14/h2-3,6H,4H2,1H3,(H,16,17). The normalized spacial score (nSPS) is 11.8. The van der Waals surface area contributed by atoms with E-state index in [1.165, 1.54) is 0 Å². The molecule has 0 spiro atoms. The van der Waals surface area contributed by atoms with Crippen LogP contribution in [0.4, 0.5) is 13.2 Å². The largest absolute Gasteiger partial charge is 0.468 e. The maximum atomic E-state index is 13.3. The van der Waals surface area contributed by atoms with Crippen LogP contribution in [0.25, 0.3) is 0 Å². The summed E-state index contributed by atoms with van der Waals surface area (Å²) >= 11 is 5.54. The fourth-order valence-electron chi connectivity index (χ4n) is 1.19. The third kappa shape index (κ3) is 3.60. The van der Waals surface area contributed by atoms with E-state index in [0.29, 0.717) is 6.07 Å². The summed E-state index contributed by atoms with van der Waals surface area (Å²) < 4.78 is 43.1. The molecule has 0 bridgehead atoms. The van der Waals surface area contributed by atoms with E-state index in [-0.39, 0.29) is 6.54 Å². The molecule has 4 nitrogen and oxygen atoms in total. The number of nitrogens with one attached hydrogen (secondary N) is 1. The summed E-state index contributed by atoms with van der Waals surface area (Å²) in [6, 6.07) is 1.40. The van der Waals surface area contributed by atoms with Crippen molar-refractivity contribution in [3.8, 4) is 0 Å². The van der Waals surface area contributed by atoms with E-state index >= 15 is 0 Å². The number of hydrogen-bond acceptors (Lipinski definition) is 3. The molecular weight excluding hydrogens is 287 g/mol. The molecule has 0 fully saturated rings. The minimum Gasteiger partial charge on any atom is -0.468 e. The number of methoxy groups -OCH3 is 1. The lowest BCUT2D eigenvalue weighted by atomic mass is 10.2. The molecular formula is C11H9ClF3NO3. The molecule has 0 aromatic heterocycles. The van der Waals surface area contributed by atoms with Gasteiger partial charge < -0.3 is 10.1 Å². The third-order valence-corrected chi connectivity index (χ3v) is 2.51. The highest BCUT2D eigenvalue weighted by Gasteiger charge is 2.21. The van der Waals surface area contributed by atoms with Crippen LogP contribution < -0.4 is 5.32 Å². The molecule has 0 heterocycles. The van der Waals surface area contributed by atoms with Gasteiger partial charge >= 0.3 is 5.97 Å². The van der Waals surface area contributed by atoms with E-state index in [4.69, 9.17) is 11.6 Å². The van der Waals surface area contributed by atoms with Gasteiger partial charge in [0, 0.05) is 6.54 Å². The molecule has 1 rings (SSSR count). The van der Waals surface area contributed by atoms with E-state index in [1.54, 1.807) is 0 Å². The van der Waals surface area contributed by atoms with E-state index in [0.717, 1.165) is 13.2 Å². The van der Waals surface area contributed by atoms with Gasteiger partial charge in [-0.25, -0.2) is 13.2 Å². The molecule has 0 radical (unpaired) electrons. The number of benzene rings is 1. The number of hydrogen-bond donors (Lipinski definition) is 1. The zero-order valence-electron chi connectivity index (χ0n) is 9.68. The van der Waals surface area contributed by atoms with Gasteiger partial charge in [-0.15, -0.1) is 11.6 Å². The Kier molecular flexibility index (Phi) is 5.17. The Balaban J connectivity index is 2.75. The second kappa shape index (κ2) is 6.42. The molecule has 19 heavy (non-hydrogen) atoms. The number of amides is 1. The van der Waals surface area contributed by atoms with Crippen LogP contribution in [0.1, 0.15) is 10.4 Å². The van der Waals surface area contributed by atoms with Gasteiger partial charge in [0.05, 0.1) is 12.7 Å². The zero-order chi connectivity index (χ0) is 14.6. The quantitative estimate of drug-likeness (QED) is 0.522. The minimum atomic E-state index is -1.75. The molecule has 1 atom stereocenters. The van der Waals surface area contributed by atoms with Crippen molar-refractivity contribution in [3.63, 3.8) is 0 Å². The van der Waals surface area contributed by atoms with Crippen LogP contribution in [0, 0.1) is 17.5 Å². The van der Waals surface area contributed by atoms with Crippen molar-refractivity contribution in [2.75, 3.05) is 13.7 Å². The van der Waals surface area contributed by atoms with Crippen molar-refractivity contribution in [2.45, 2.75) is 5.38 Å². The number of carbonyl (C=O) groups excluding carboxylic acids is 2. The van der Waals surface area contributed by atoms with Crippen LogP contribution in [-0.2, 0) is 9.53 Å². The maximum absolute atomic E-state index is 13.3. The fraction of sp³-hybridized carbons (Fsp3) is 0.273. The van der Waals surface area contributed by atoms with Crippen LogP contribution in [0.5, 0.6) is 0 Å². The molecule has 0 aliphatic carbocycles. The number of rotatable bonds is 4. The van der Waals surface area contributed by atoms with E-state index < -0.39 is 40.3 Å². The highest BCUT2D eigenvalue weighted by Crippen LogP contribution is 2.15. The molecule has 104 valence electrons. The van der Waals surface area contributed by atoms with Crippen molar-refractivity contribution in [3.05, 3.63) is 35.1 Å². The van der Waals surface area contributed by atoms with Crippen molar-refractivity contribution < 1.29 is 27.5 Å². The van der Waals surface area contributed by atoms with Gasteiger partial charge in [0.1, 0.15) is 5.38 Å². The van der Waals surface area contributed by atoms with Crippen LogP contribution >= 0.6 is 11.6 Å². The van der Waals surface area contributed by atoms with E-state index in [1.807, 2.05) is 0 Å². The Hall–Kier alpha value is -1.76. The molecule has 1 aromatic carbocycles. The SMILES string of the molecule is COC(=O)C(Cl)CNC(=O)c1ccc(F)c(F)c1F.